The number of hydrogen-bond acceptors (Lipinski definition) is 6. The minimum Gasteiger partial charge on any atom is -0.488 e. The van der Waals surface area contributed by atoms with Crippen LogP contribution in [0.5, 0.6) is 5.75 Å². The largest absolute Gasteiger partial charge is 0.488 e. The Bertz CT molecular complexity index is 1370. The van der Waals surface area contributed by atoms with Gasteiger partial charge < -0.3 is 14.3 Å². The molecule has 0 amide bonds. The predicted octanol–water partition coefficient (Wildman–Crippen LogP) is 5.23. The highest BCUT2D eigenvalue weighted by atomic mass is 35.5. The molecule has 0 radical (unpaired) electrons. The number of hydrogen-bond donors (Lipinski definition) is 1. The third-order valence-electron chi connectivity index (χ3n) is 5.79. The maximum atomic E-state index is 13.0. The van der Waals surface area contributed by atoms with Gasteiger partial charge in [0.2, 0.25) is 0 Å². The van der Waals surface area contributed by atoms with E-state index in [1.165, 1.54) is 0 Å². The third-order valence-corrected chi connectivity index (χ3v) is 7.03. The summed E-state index contributed by atoms with van der Waals surface area (Å²) in [6.45, 7) is 5.57. The number of fused-ring (bicyclic) bond motifs is 1. The van der Waals surface area contributed by atoms with Gasteiger partial charge >= 0.3 is 5.97 Å². The third kappa shape index (κ3) is 5.98. The lowest BCUT2D eigenvalue weighted by molar-refractivity contribution is -0.136. The first-order valence-corrected chi connectivity index (χ1v) is 13.2. The molecule has 1 aromatic heterocycles. The van der Waals surface area contributed by atoms with E-state index in [2.05, 4.69) is 0 Å². The number of ketones is 1. The van der Waals surface area contributed by atoms with Gasteiger partial charge in [0.15, 0.2) is 5.78 Å². The van der Waals surface area contributed by atoms with Crippen LogP contribution < -0.4 is 4.74 Å². The van der Waals surface area contributed by atoms with E-state index in [4.69, 9.17) is 25.9 Å². The number of carboxylic acid groups (broad SMARTS) is 1. The quantitative estimate of drug-likeness (QED) is 0.375. The van der Waals surface area contributed by atoms with Crippen LogP contribution in [-0.4, -0.2) is 37.3 Å². The fraction of sp³-hybridized carbons (Fsp3) is 0.360. The molecular formula is C25H27ClO7S. The lowest BCUT2D eigenvalue weighted by atomic mass is 9.98. The average molecular weight is 507 g/mol. The Labute approximate surface area is 203 Å². The molecule has 0 aliphatic rings. The summed E-state index contributed by atoms with van der Waals surface area (Å²) in [5.74, 6) is -0.315. The average Bonchev–Trinajstić information content (AvgIpc) is 3.11. The number of rotatable bonds is 10. The van der Waals surface area contributed by atoms with Crippen molar-refractivity contribution in [2.45, 2.75) is 46.6 Å². The monoisotopic (exact) mass is 506 g/mol. The Kier molecular flexibility index (Phi) is 7.73. The first-order valence-electron chi connectivity index (χ1n) is 10.7. The van der Waals surface area contributed by atoms with Crippen LogP contribution in [0.4, 0.5) is 0 Å². The minimum atomic E-state index is -3.33. The van der Waals surface area contributed by atoms with E-state index in [0.29, 0.717) is 29.1 Å². The summed E-state index contributed by atoms with van der Waals surface area (Å²) in [6, 6.07) is 7.06. The zero-order valence-corrected chi connectivity index (χ0v) is 21.1. The van der Waals surface area contributed by atoms with Gasteiger partial charge in [-0.05, 0) is 62.1 Å². The molecule has 0 fully saturated rings. The van der Waals surface area contributed by atoms with Gasteiger partial charge in [0, 0.05) is 35.6 Å². The molecule has 0 aliphatic carbocycles. The number of aliphatic carboxylic acids is 1. The van der Waals surface area contributed by atoms with Crippen LogP contribution in [0.25, 0.3) is 11.0 Å². The zero-order valence-electron chi connectivity index (χ0n) is 19.5. The number of Topliss-reactive ketones (excluding diaryl/α,β-unsaturated/α-hetero) is 1. The summed E-state index contributed by atoms with van der Waals surface area (Å²) < 4.78 is 35.1. The Balaban J connectivity index is 1.97. The normalized spacial score (nSPS) is 11.7. The molecule has 1 N–H and O–H groups in total. The van der Waals surface area contributed by atoms with Crippen LogP contribution in [0.3, 0.4) is 0 Å². The summed E-state index contributed by atoms with van der Waals surface area (Å²) in [5.41, 5.74) is 3.85. The minimum absolute atomic E-state index is 0.0152. The second-order valence-electron chi connectivity index (χ2n) is 8.45. The van der Waals surface area contributed by atoms with E-state index >= 15 is 0 Å². The number of halogens is 1. The second-order valence-corrected chi connectivity index (χ2v) is 11.1. The maximum Gasteiger partial charge on any atom is 0.303 e. The molecule has 0 spiro atoms. The van der Waals surface area contributed by atoms with E-state index in [-0.39, 0.29) is 35.8 Å². The first-order chi connectivity index (χ1) is 15.9. The Hall–Kier alpha value is -2.84. The highest BCUT2D eigenvalue weighted by Gasteiger charge is 2.23. The van der Waals surface area contributed by atoms with Crippen LogP contribution in [0.15, 0.2) is 28.7 Å². The van der Waals surface area contributed by atoms with Crippen molar-refractivity contribution in [3.63, 3.8) is 0 Å². The molecule has 182 valence electrons. The van der Waals surface area contributed by atoms with E-state index in [0.717, 1.165) is 28.3 Å². The molecule has 2 aromatic carbocycles. The highest BCUT2D eigenvalue weighted by molar-refractivity contribution is 7.90. The number of carbonyl (C=O) groups excluding carboxylic acids is 1. The number of aryl methyl sites for hydroxylation is 2. The molecule has 34 heavy (non-hydrogen) atoms. The van der Waals surface area contributed by atoms with E-state index in [9.17, 15) is 18.0 Å². The van der Waals surface area contributed by atoms with Crippen molar-refractivity contribution in [1.29, 1.82) is 0 Å². The van der Waals surface area contributed by atoms with E-state index in [1.807, 2.05) is 26.0 Å². The van der Waals surface area contributed by atoms with Gasteiger partial charge in [-0.25, -0.2) is 8.42 Å². The molecule has 3 aromatic rings. The van der Waals surface area contributed by atoms with Crippen LogP contribution in [0.1, 0.15) is 51.2 Å². The molecule has 9 heteroatoms. The fourth-order valence-corrected chi connectivity index (χ4v) is 4.75. The zero-order chi connectivity index (χ0) is 25.2. The van der Waals surface area contributed by atoms with Gasteiger partial charge in [0.1, 0.15) is 33.5 Å². The number of carbonyl (C=O) groups is 2. The number of benzene rings is 2. The molecule has 0 unspecified atom stereocenters. The van der Waals surface area contributed by atoms with Crippen molar-refractivity contribution >= 4 is 44.2 Å². The molecule has 1 heterocycles. The fourth-order valence-electron chi connectivity index (χ4n) is 3.86. The van der Waals surface area contributed by atoms with Crippen molar-refractivity contribution in [2.75, 3.05) is 12.0 Å². The van der Waals surface area contributed by atoms with Crippen LogP contribution in [0, 0.1) is 20.8 Å². The summed E-state index contributed by atoms with van der Waals surface area (Å²) in [5, 5.41) is 9.89. The Morgan fingerprint density at radius 3 is 2.44 bits per heavy atom. The van der Waals surface area contributed by atoms with Gasteiger partial charge in [-0.15, -0.1) is 0 Å². The molecule has 0 saturated heterocycles. The second kappa shape index (κ2) is 10.2. The summed E-state index contributed by atoms with van der Waals surface area (Å²) in [4.78, 5) is 23.9. The molecular weight excluding hydrogens is 480 g/mol. The smallest absolute Gasteiger partial charge is 0.303 e. The Morgan fingerprint density at radius 1 is 1.09 bits per heavy atom. The van der Waals surface area contributed by atoms with Crippen molar-refractivity contribution in [3.05, 3.63) is 62.9 Å². The van der Waals surface area contributed by atoms with E-state index < -0.39 is 21.6 Å². The molecule has 0 aliphatic heterocycles. The van der Waals surface area contributed by atoms with Crippen molar-refractivity contribution in [3.8, 4) is 5.75 Å². The number of furan rings is 1. The predicted molar refractivity (Wildman–Crippen MR) is 131 cm³/mol. The Morgan fingerprint density at radius 2 is 1.79 bits per heavy atom. The van der Waals surface area contributed by atoms with Gasteiger partial charge in [-0.1, -0.05) is 17.7 Å². The first kappa shape index (κ1) is 25.8. The van der Waals surface area contributed by atoms with Crippen molar-refractivity contribution in [2.24, 2.45) is 0 Å². The highest BCUT2D eigenvalue weighted by Crippen LogP contribution is 2.34. The van der Waals surface area contributed by atoms with Gasteiger partial charge in [-0.2, -0.15) is 0 Å². The van der Waals surface area contributed by atoms with Gasteiger partial charge in [0.25, 0.3) is 0 Å². The lowest BCUT2D eigenvalue weighted by Gasteiger charge is -2.16. The van der Waals surface area contributed by atoms with Gasteiger partial charge in [-0.3, -0.25) is 9.59 Å². The SMILES string of the molecule is Cc1cc2cc(Cl)c(C(=O)CCS(C)(=O)=O)c(COc3ccc(CCC(=O)O)c(C)c3C)c2o1. The summed E-state index contributed by atoms with van der Waals surface area (Å²) in [6.07, 6.45) is 1.34. The topological polar surface area (TPSA) is 111 Å². The van der Waals surface area contributed by atoms with Crippen LogP contribution >= 0.6 is 11.6 Å². The van der Waals surface area contributed by atoms with Crippen molar-refractivity contribution in [1.82, 2.24) is 0 Å². The maximum absolute atomic E-state index is 13.0. The van der Waals surface area contributed by atoms with Gasteiger partial charge in [0.05, 0.1) is 10.8 Å². The summed E-state index contributed by atoms with van der Waals surface area (Å²) >= 11 is 6.47. The van der Waals surface area contributed by atoms with Crippen molar-refractivity contribution < 1.29 is 32.3 Å². The molecule has 3 rings (SSSR count). The summed E-state index contributed by atoms with van der Waals surface area (Å²) in [7, 11) is -3.33. The molecule has 0 saturated carbocycles. The molecule has 0 atom stereocenters. The standard InChI is InChI=1S/C25H27ClO7S/c1-14-11-18-12-20(26)24(21(27)9-10-34(4,30)31)19(25(18)33-14)13-32-22-7-5-17(6-8-23(28)29)15(2)16(22)3/h5,7,11-12H,6,8-10,13H2,1-4H3,(H,28,29). The number of carboxylic acids is 1. The number of ether oxygens (including phenoxy) is 1. The van der Waals surface area contributed by atoms with E-state index in [1.54, 1.807) is 19.1 Å². The van der Waals surface area contributed by atoms with Crippen LogP contribution in [0.2, 0.25) is 5.02 Å². The molecule has 7 nitrogen and oxygen atoms in total. The lowest BCUT2D eigenvalue weighted by Crippen LogP contribution is -2.13. The van der Waals surface area contributed by atoms with Crippen LogP contribution in [-0.2, 0) is 27.7 Å². The molecule has 0 bridgehead atoms. The number of sulfone groups is 1.